The monoisotopic (exact) mass is 708 g/mol. The van der Waals surface area contributed by atoms with Crippen LogP contribution in [0.5, 0.6) is 0 Å². The van der Waals surface area contributed by atoms with E-state index in [1.54, 1.807) is 0 Å². The molecule has 0 aliphatic heterocycles. The first kappa shape index (κ1) is 41.4. The molecule has 0 saturated heterocycles. The van der Waals surface area contributed by atoms with E-state index in [9.17, 15) is 5.11 Å². The van der Waals surface area contributed by atoms with Gasteiger partial charge in [-0.2, -0.15) is 12.6 Å². The molecule has 0 fully saturated rings. The second-order valence-corrected chi connectivity index (χ2v) is 12.5. The van der Waals surface area contributed by atoms with Crippen LogP contribution in [0.15, 0.2) is 182 Å². The highest BCUT2D eigenvalue weighted by Gasteiger charge is 2.36. The lowest BCUT2D eigenvalue weighted by Gasteiger charge is -2.35. The minimum absolute atomic E-state index is 0. The van der Waals surface area contributed by atoms with E-state index in [-0.39, 0.29) is 24.6 Å². The summed E-state index contributed by atoms with van der Waals surface area (Å²) in [5.41, 5.74) is 16.2. The molecule has 0 unspecified atom stereocenters. The van der Waals surface area contributed by atoms with Crippen LogP contribution in [0, 0.1) is 0 Å². The molecule has 0 aliphatic rings. The third-order valence-electron chi connectivity index (χ3n) is 7.68. The molecule has 0 amide bonds. The molecule has 0 radical (unpaired) electrons. The van der Waals surface area contributed by atoms with Crippen LogP contribution >= 0.6 is 36.8 Å². The number of thioether (sulfide) groups is 1. The van der Waals surface area contributed by atoms with Gasteiger partial charge in [-0.05, 0) is 33.4 Å². The fourth-order valence-electron chi connectivity index (χ4n) is 5.52. The number of rotatable bonds is 10. The van der Waals surface area contributed by atoms with Crippen LogP contribution in [0.25, 0.3) is 0 Å². The third-order valence-corrected chi connectivity index (χ3v) is 9.52. The first-order chi connectivity index (χ1) is 23.1. The second kappa shape index (κ2) is 22.0. The van der Waals surface area contributed by atoms with E-state index in [0.717, 1.165) is 28.2 Å². The normalized spacial score (nSPS) is 10.5. The number of thiol groups is 1. The Hall–Kier alpha value is -3.81. The summed E-state index contributed by atoms with van der Waals surface area (Å²) in [4.78, 5) is 0. The van der Waals surface area contributed by atoms with Crippen molar-refractivity contribution in [2.75, 3.05) is 24.6 Å². The van der Waals surface area contributed by atoms with Crippen LogP contribution in [0.3, 0.4) is 0 Å². The Bertz CT molecular complexity index is 1480. The van der Waals surface area contributed by atoms with Crippen LogP contribution in [-0.4, -0.2) is 29.7 Å². The molecule has 49 heavy (non-hydrogen) atoms. The van der Waals surface area contributed by atoms with Crippen molar-refractivity contribution in [3.05, 3.63) is 215 Å². The average Bonchev–Trinajstić information content (AvgIpc) is 3.17. The molecule has 0 atom stereocenters. The van der Waals surface area contributed by atoms with Crippen LogP contribution < -0.4 is 11.5 Å². The van der Waals surface area contributed by atoms with Crippen molar-refractivity contribution in [1.29, 1.82) is 0 Å². The maximum absolute atomic E-state index is 11.4. The van der Waals surface area contributed by atoms with Crippen molar-refractivity contribution in [2.24, 2.45) is 11.5 Å². The maximum atomic E-state index is 11.4. The summed E-state index contributed by atoms with van der Waals surface area (Å²) in [5, 5.41) is 11.4. The fraction of sp³-hybridized carbons (Fsp3) is 0.163. The van der Waals surface area contributed by atoms with Crippen molar-refractivity contribution in [1.82, 2.24) is 0 Å². The Morgan fingerprint density at radius 3 is 0.878 bits per heavy atom. The molecule has 0 spiro atoms. The van der Waals surface area contributed by atoms with E-state index in [1.807, 2.05) is 103 Å². The number of aliphatic hydroxyl groups is 1. The predicted octanol–water partition coefficient (Wildman–Crippen LogP) is 9.57. The van der Waals surface area contributed by atoms with Gasteiger partial charge >= 0.3 is 0 Å². The van der Waals surface area contributed by atoms with Gasteiger partial charge in [-0.25, -0.2) is 0 Å². The quantitative estimate of drug-likeness (QED) is 0.0845. The van der Waals surface area contributed by atoms with E-state index in [1.165, 1.54) is 16.7 Å². The third kappa shape index (κ3) is 10.6. The molecule has 0 heterocycles. The van der Waals surface area contributed by atoms with Crippen molar-refractivity contribution < 1.29 is 5.11 Å². The average molecular weight is 709 g/mol. The van der Waals surface area contributed by atoms with E-state index in [0.29, 0.717) is 13.1 Å². The number of benzene rings is 6. The van der Waals surface area contributed by atoms with Gasteiger partial charge in [0.2, 0.25) is 0 Å². The van der Waals surface area contributed by atoms with Crippen molar-refractivity contribution in [2.45, 2.75) is 17.8 Å². The standard InChI is InChI=1S/C21H21NS.C19H16O.C2H7NS.CH4.ClH/c22-16-17-23-21(18-10-4-1-5-11-18,19-12-6-2-7-13-19)20-14-8-3-9-15-20;20-19(16-10-4-1-5-11-16,17-12-6-2-7-13-17)18-14-8-3-9-15-18;3-1-2-4;;/h1-15H,16-17,22H2;1-15,20H;4H,1-3H2;1H4;1H. The fourth-order valence-corrected chi connectivity index (χ4v) is 6.85. The molecule has 3 nitrogen and oxygen atoms in total. The van der Waals surface area contributed by atoms with Crippen molar-refractivity contribution >= 4 is 36.8 Å². The summed E-state index contributed by atoms with van der Waals surface area (Å²) in [6.07, 6.45) is 0. The van der Waals surface area contributed by atoms with Crippen LogP contribution in [-0.2, 0) is 10.3 Å². The lowest BCUT2D eigenvalue weighted by molar-refractivity contribution is 0.125. The van der Waals surface area contributed by atoms with Gasteiger partial charge in [0.15, 0.2) is 0 Å². The molecule has 5 N–H and O–H groups in total. The second-order valence-electron chi connectivity index (χ2n) is 10.7. The van der Waals surface area contributed by atoms with E-state index < -0.39 is 5.60 Å². The SMILES string of the molecule is C.Cl.NCCS.NCCSC(c1ccccc1)(c1ccccc1)c1ccccc1.OC(c1ccccc1)(c1ccccc1)c1ccccc1. The van der Waals surface area contributed by atoms with Gasteiger partial charge in [0.1, 0.15) is 5.60 Å². The molecule has 256 valence electrons. The highest BCUT2D eigenvalue weighted by molar-refractivity contribution is 8.00. The molecule has 0 aromatic heterocycles. The van der Waals surface area contributed by atoms with Gasteiger partial charge in [-0.3, -0.25) is 0 Å². The van der Waals surface area contributed by atoms with Gasteiger partial charge in [0.05, 0.1) is 4.75 Å². The number of nitrogens with two attached hydrogens (primary N) is 2. The predicted molar refractivity (Wildman–Crippen MR) is 219 cm³/mol. The smallest absolute Gasteiger partial charge is 0.140 e. The maximum Gasteiger partial charge on any atom is 0.140 e. The zero-order chi connectivity index (χ0) is 33.2. The molecule has 6 rings (SSSR count). The molecule has 0 aliphatic carbocycles. The zero-order valence-electron chi connectivity index (χ0n) is 27.0. The number of hydrogen-bond donors (Lipinski definition) is 4. The Kier molecular flexibility index (Phi) is 18.6. The van der Waals surface area contributed by atoms with Crippen LogP contribution in [0.1, 0.15) is 40.8 Å². The number of halogens is 1. The first-order valence-electron chi connectivity index (χ1n) is 15.8. The first-order valence-corrected chi connectivity index (χ1v) is 17.4. The molecule has 6 aromatic carbocycles. The van der Waals surface area contributed by atoms with Gasteiger partial charge in [0, 0.05) is 24.6 Å². The summed E-state index contributed by atoms with van der Waals surface area (Å²) in [5.74, 6) is 1.69. The molecule has 6 heteroatoms. The minimum Gasteiger partial charge on any atom is -0.376 e. The largest absolute Gasteiger partial charge is 0.376 e. The van der Waals surface area contributed by atoms with Gasteiger partial charge in [0.25, 0.3) is 0 Å². The lowest BCUT2D eigenvalue weighted by atomic mass is 9.80. The number of hydrogen-bond acceptors (Lipinski definition) is 5. The Morgan fingerprint density at radius 1 is 0.449 bits per heavy atom. The lowest BCUT2D eigenvalue weighted by Crippen LogP contribution is -2.28. The van der Waals surface area contributed by atoms with Gasteiger partial charge in [-0.1, -0.05) is 189 Å². The highest BCUT2D eigenvalue weighted by atomic mass is 35.5. The minimum atomic E-state index is -1.12. The summed E-state index contributed by atoms with van der Waals surface area (Å²) < 4.78 is -0.233. The molecule has 0 saturated carbocycles. The topological polar surface area (TPSA) is 72.3 Å². The molecule has 0 bridgehead atoms. The highest BCUT2D eigenvalue weighted by Crippen LogP contribution is 2.48. The van der Waals surface area contributed by atoms with E-state index >= 15 is 0 Å². The zero-order valence-corrected chi connectivity index (χ0v) is 29.5. The molecule has 6 aromatic rings. The van der Waals surface area contributed by atoms with Gasteiger partial charge < -0.3 is 16.6 Å². The summed E-state index contributed by atoms with van der Waals surface area (Å²) in [7, 11) is 0. The van der Waals surface area contributed by atoms with Gasteiger partial charge in [-0.15, -0.1) is 24.2 Å². The van der Waals surface area contributed by atoms with E-state index in [4.69, 9.17) is 11.5 Å². The van der Waals surface area contributed by atoms with Crippen LogP contribution in [0.4, 0.5) is 0 Å². The Balaban J connectivity index is 0.000000298. The molecular weight excluding hydrogens is 660 g/mol. The summed E-state index contributed by atoms with van der Waals surface area (Å²) in [6, 6.07) is 61.5. The van der Waals surface area contributed by atoms with Crippen molar-refractivity contribution in [3.63, 3.8) is 0 Å². The van der Waals surface area contributed by atoms with Crippen LogP contribution in [0.2, 0.25) is 0 Å². The van der Waals surface area contributed by atoms with E-state index in [2.05, 4.69) is 104 Å². The van der Waals surface area contributed by atoms with Crippen molar-refractivity contribution in [3.8, 4) is 0 Å². The Labute approximate surface area is 309 Å². The summed E-state index contributed by atoms with van der Waals surface area (Å²) in [6.45, 7) is 1.35. The summed E-state index contributed by atoms with van der Waals surface area (Å²) >= 11 is 5.70. The molecular formula is C43H49ClN2OS2. The Morgan fingerprint density at radius 2 is 0.673 bits per heavy atom.